The van der Waals surface area contributed by atoms with Crippen LogP contribution >= 0.6 is 0 Å². The second-order valence-electron chi connectivity index (χ2n) is 6.27. The molecule has 4 heteroatoms. The van der Waals surface area contributed by atoms with Gasteiger partial charge in [0.05, 0.1) is 0 Å². The van der Waals surface area contributed by atoms with E-state index in [0.29, 0.717) is 6.04 Å². The normalized spacial score (nSPS) is 21.8. The maximum atomic E-state index is 12.5. The van der Waals surface area contributed by atoms with Crippen molar-refractivity contribution < 1.29 is 4.79 Å². The first-order chi connectivity index (χ1) is 10.8. The largest absolute Gasteiger partial charge is 0.322 e. The van der Waals surface area contributed by atoms with Gasteiger partial charge in [0.15, 0.2) is 0 Å². The van der Waals surface area contributed by atoms with Crippen molar-refractivity contribution in [2.24, 2.45) is 0 Å². The van der Waals surface area contributed by atoms with E-state index in [1.165, 1.54) is 24.8 Å². The van der Waals surface area contributed by atoms with E-state index in [1.54, 1.807) is 0 Å². The van der Waals surface area contributed by atoms with E-state index >= 15 is 0 Å². The number of nitrogens with one attached hydrogen (secondary N) is 1. The monoisotopic (exact) mass is 295 g/mol. The van der Waals surface area contributed by atoms with Gasteiger partial charge in [0.2, 0.25) is 0 Å². The Kier molecular flexibility index (Phi) is 3.47. The number of fused-ring (bicyclic) bond motifs is 2. The number of hydrogen-bond acceptors (Lipinski definition) is 2. The minimum Gasteiger partial charge on any atom is -0.322 e. The molecule has 0 spiro atoms. The fraction of sp³-hybridized carbons (Fsp3) is 0.389. The second-order valence-corrected chi connectivity index (χ2v) is 6.27. The molecule has 2 amide bonds. The predicted molar refractivity (Wildman–Crippen MR) is 89.1 cm³/mol. The number of nitrogens with zero attached hydrogens (tertiary/aromatic N) is 2. The minimum atomic E-state index is 0.0295. The van der Waals surface area contributed by atoms with Gasteiger partial charge >= 0.3 is 6.03 Å². The number of benzene rings is 2. The van der Waals surface area contributed by atoms with Crippen molar-refractivity contribution in [3.05, 3.63) is 42.5 Å². The van der Waals surface area contributed by atoms with Crippen LogP contribution in [0.1, 0.15) is 12.8 Å². The topological polar surface area (TPSA) is 35.6 Å². The Morgan fingerprint density at radius 1 is 1.05 bits per heavy atom. The minimum absolute atomic E-state index is 0.0295. The Morgan fingerprint density at radius 2 is 1.91 bits per heavy atom. The Labute approximate surface area is 130 Å². The number of piperazine rings is 1. The molecule has 4 nitrogen and oxygen atoms in total. The Morgan fingerprint density at radius 3 is 2.82 bits per heavy atom. The van der Waals surface area contributed by atoms with Crippen LogP contribution < -0.4 is 5.32 Å². The van der Waals surface area contributed by atoms with E-state index in [4.69, 9.17) is 0 Å². The molecule has 4 rings (SSSR count). The lowest BCUT2D eigenvalue weighted by Gasteiger charge is -2.37. The number of anilines is 1. The van der Waals surface area contributed by atoms with Gasteiger partial charge in [-0.25, -0.2) is 4.79 Å². The van der Waals surface area contributed by atoms with E-state index in [-0.39, 0.29) is 6.03 Å². The molecule has 2 saturated heterocycles. The average molecular weight is 295 g/mol. The van der Waals surface area contributed by atoms with Gasteiger partial charge in [-0.3, -0.25) is 4.90 Å². The third kappa shape index (κ3) is 2.55. The van der Waals surface area contributed by atoms with E-state index in [0.717, 1.165) is 30.7 Å². The number of hydrogen-bond donors (Lipinski definition) is 1. The van der Waals surface area contributed by atoms with Gasteiger partial charge in [-0.15, -0.1) is 0 Å². The van der Waals surface area contributed by atoms with Crippen LogP contribution in [0.2, 0.25) is 0 Å². The van der Waals surface area contributed by atoms with Gasteiger partial charge in [-0.2, -0.15) is 0 Å². The van der Waals surface area contributed by atoms with Crippen LogP contribution in [-0.4, -0.2) is 48.1 Å². The van der Waals surface area contributed by atoms with Gasteiger partial charge in [0.1, 0.15) is 0 Å². The van der Waals surface area contributed by atoms with Gasteiger partial charge in [0.25, 0.3) is 0 Å². The van der Waals surface area contributed by atoms with Crippen LogP contribution in [0.25, 0.3) is 10.8 Å². The van der Waals surface area contributed by atoms with Crippen molar-refractivity contribution in [1.82, 2.24) is 9.80 Å². The molecular weight excluding hydrogens is 274 g/mol. The molecule has 0 aromatic heterocycles. The van der Waals surface area contributed by atoms with Crippen molar-refractivity contribution in [2.75, 3.05) is 31.5 Å². The van der Waals surface area contributed by atoms with Crippen molar-refractivity contribution in [3.8, 4) is 0 Å². The molecule has 0 aliphatic carbocycles. The summed E-state index contributed by atoms with van der Waals surface area (Å²) in [5.41, 5.74) is 0.873. The van der Waals surface area contributed by atoms with Crippen LogP contribution in [0.15, 0.2) is 42.5 Å². The Bertz CT molecular complexity index is 700. The fourth-order valence-electron chi connectivity index (χ4n) is 3.65. The summed E-state index contributed by atoms with van der Waals surface area (Å²) in [7, 11) is 0. The van der Waals surface area contributed by atoms with E-state index in [2.05, 4.69) is 28.4 Å². The lowest BCUT2D eigenvalue weighted by molar-refractivity contribution is 0.124. The van der Waals surface area contributed by atoms with E-state index in [1.807, 2.05) is 29.2 Å². The third-order valence-corrected chi connectivity index (χ3v) is 4.88. The standard InChI is InChI=1S/C18H21N3O/c22-18(21-11-10-20-9-3-6-17(20)13-21)19-16-8-7-14-4-1-2-5-15(14)12-16/h1-2,4-5,7-8,12,17H,3,6,9-11,13H2,(H,19,22). The number of urea groups is 1. The maximum Gasteiger partial charge on any atom is 0.321 e. The molecule has 2 aromatic carbocycles. The molecule has 0 radical (unpaired) electrons. The van der Waals surface area contributed by atoms with Gasteiger partial charge < -0.3 is 10.2 Å². The molecule has 1 unspecified atom stereocenters. The summed E-state index contributed by atoms with van der Waals surface area (Å²) in [4.78, 5) is 17.0. The first-order valence-corrected chi connectivity index (χ1v) is 8.08. The summed E-state index contributed by atoms with van der Waals surface area (Å²) in [5.74, 6) is 0. The van der Waals surface area contributed by atoms with Crippen molar-refractivity contribution in [2.45, 2.75) is 18.9 Å². The summed E-state index contributed by atoms with van der Waals surface area (Å²) in [5, 5.41) is 5.40. The molecule has 2 aromatic rings. The third-order valence-electron chi connectivity index (χ3n) is 4.88. The van der Waals surface area contributed by atoms with Crippen LogP contribution in [0.3, 0.4) is 0 Å². The van der Waals surface area contributed by atoms with Crippen LogP contribution in [0.5, 0.6) is 0 Å². The van der Waals surface area contributed by atoms with Crippen molar-refractivity contribution >= 4 is 22.5 Å². The quantitative estimate of drug-likeness (QED) is 0.877. The zero-order valence-electron chi connectivity index (χ0n) is 12.7. The van der Waals surface area contributed by atoms with Crippen molar-refractivity contribution in [1.29, 1.82) is 0 Å². The summed E-state index contributed by atoms with van der Waals surface area (Å²) in [6.07, 6.45) is 2.49. The molecule has 0 bridgehead atoms. The SMILES string of the molecule is O=C(Nc1ccc2ccccc2c1)N1CCN2CCCC2C1. The highest BCUT2D eigenvalue weighted by Gasteiger charge is 2.32. The Balaban J connectivity index is 1.46. The number of amides is 2. The molecule has 1 N–H and O–H groups in total. The van der Waals surface area contributed by atoms with Crippen LogP contribution in [-0.2, 0) is 0 Å². The summed E-state index contributed by atoms with van der Waals surface area (Å²) >= 11 is 0. The molecule has 2 aliphatic rings. The lowest BCUT2D eigenvalue weighted by Crippen LogP contribution is -2.53. The summed E-state index contributed by atoms with van der Waals surface area (Å²) < 4.78 is 0. The lowest BCUT2D eigenvalue weighted by atomic mass is 10.1. The molecule has 2 heterocycles. The highest BCUT2D eigenvalue weighted by molar-refractivity contribution is 5.93. The average Bonchev–Trinajstić information content (AvgIpc) is 3.02. The Hall–Kier alpha value is -2.07. The van der Waals surface area contributed by atoms with Crippen LogP contribution in [0, 0.1) is 0 Å². The second kappa shape index (κ2) is 5.61. The summed E-state index contributed by atoms with van der Waals surface area (Å²) in [6, 6.07) is 14.9. The predicted octanol–water partition coefficient (Wildman–Crippen LogP) is 3.15. The number of rotatable bonds is 1. The van der Waals surface area contributed by atoms with E-state index < -0.39 is 0 Å². The van der Waals surface area contributed by atoms with Gasteiger partial charge in [0, 0.05) is 31.4 Å². The molecule has 1 atom stereocenters. The van der Waals surface area contributed by atoms with Crippen LogP contribution in [0.4, 0.5) is 10.5 Å². The fourth-order valence-corrected chi connectivity index (χ4v) is 3.65. The first-order valence-electron chi connectivity index (χ1n) is 8.08. The van der Waals surface area contributed by atoms with Gasteiger partial charge in [-0.1, -0.05) is 30.3 Å². The molecule has 2 fully saturated rings. The highest BCUT2D eigenvalue weighted by Crippen LogP contribution is 2.23. The molecule has 22 heavy (non-hydrogen) atoms. The van der Waals surface area contributed by atoms with Crippen molar-refractivity contribution in [3.63, 3.8) is 0 Å². The molecular formula is C18H21N3O. The highest BCUT2D eigenvalue weighted by atomic mass is 16.2. The zero-order chi connectivity index (χ0) is 14.9. The number of carbonyl (C=O) groups excluding carboxylic acids is 1. The number of carbonyl (C=O) groups is 1. The first kappa shape index (κ1) is 13.6. The smallest absolute Gasteiger partial charge is 0.321 e. The molecule has 114 valence electrons. The summed E-state index contributed by atoms with van der Waals surface area (Å²) in [6.45, 7) is 3.90. The van der Waals surface area contributed by atoms with E-state index in [9.17, 15) is 4.79 Å². The molecule has 2 aliphatic heterocycles. The van der Waals surface area contributed by atoms with Gasteiger partial charge in [-0.05, 0) is 42.3 Å². The molecule has 0 saturated carbocycles. The maximum absolute atomic E-state index is 12.5. The zero-order valence-corrected chi connectivity index (χ0v) is 12.7.